The Balaban J connectivity index is 2.56. The van der Waals surface area contributed by atoms with Crippen molar-refractivity contribution in [3.8, 4) is 0 Å². The van der Waals surface area contributed by atoms with Gasteiger partial charge in [-0.05, 0) is 19.4 Å². The molecule has 3 aromatic heterocycles. The van der Waals surface area contributed by atoms with Crippen LogP contribution in [0.1, 0.15) is 11.3 Å². The van der Waals surface area contributed by atoms with Crippen molar-refractivity contribution in [3.63, 3.8) is 0 Å². The van der Waals surface area contributed by atoms with Crippen molar-refractivity contribution in [2.45, 2.75) is 13.8 Å². The van der Waals surface area contributed by atoms with E-state index in [9.17, 15) is 0 Å². The molecule has 0 radical (unpaired) electrons. The SMILES string of the molecule is CNc1ncnc2c1oc1nc(C)c(Cl)c(C)c12. The topological polar surface area (TPSA) is 63.8 Å². The van der Waals surface area contributed by atoms with Crippen molar-refractivity contribution in [2.75, 3.05) is 12.4 Å². The molecule has 0 atom stereocenters. The summed E-state index contributed by atoms with van der Waals surface area (Å²) in [4.78, 5) is 12.7. The first-order chi connectivity index (χ1) is 8.63. The quantitative estimate of drug-likeness (QED) is 0.730. The number of hydrogen-bond donors (Lipinski definition) is 1. The van der Waals surface area contributed by atoms with Gasteiger partial charge in [0.25, 0.3) is 0 Å². The molecule has 92 valence electrons. The van der Waals surface area contributed by atoms with Gasteiger partial charge in [-0.2, -0.15) is 0 Å². The summed E-state index contributed by atoms with van der Waals surface area (Å²) in [6.07, 6.45) is 1.50. The fourth-order valence-corrected chi connectivity index (χ4v) is 2.21. The van der Waals surface area contributed by atoms with Crippen LogP contribution in [0.15, 0.2) is 10.7 Å². The van der Waals surface area contributed by atoms with Gasteiger partial charge in [0.05, 0.1) is 16.1 Å². The molecule has 0 fully saturated rings. The summed E-state index contributed by atoms with van der Waals surface area (Å²) in [7, 11) is 1.79. The normalized spacial score (nSPS) is 11.3. The van der Waals surface area contributed by atoms with Crippen LogP contribution < -0.4 is 5.32 Å². The zero-order valence-electron chi connectivity index (χ0n) is 10.2. The molecule has 3 heterocycles. The fraction of sp³-hybridized carbons (Fsp3) is 0.250. The zero-order chi connectivity index (χ0) is 12.9. The zero-order valence-corrected chi connectivity index (χ0v) is 11.0. The number of fused-ring (bicyclic) bond motifs is 3. The van der Waals surface area contributed by atoms with Gasteiger partial charge in [0, 0.05) is 7.05 Å². The summed E-state index contributed by atoms with van der Waals surface area (Å²) in [6.45, 7) is 3.79. The van der Waals surface area contributed by atoms with Gasteiger partial charge in [0.2, 0.25) is 5.71 Å². The summed E-state index contributed by atoms with van der Waals surface area (Å²) < 4.78 is 5.73. The molecule has 0 saturated heterocycles. The Morgan fingerprint density at radius 2 is 2.06 bits per heavy atom. The van der Waals surface area contributed by atoms with E-state index < -0.39 is 0 Å². The Labute approximate surface area is 108 Å². The third kappa shape index (κ3) is 1.37. The second-order valence-corrected chi connectivity index (χ2v) is 4.45. The molecule has 0 aromatic carbocycles. The van der Waals surface area contributed by atoms with Crippen molar-refractivity contribution < 1.29 is 4.42 Å². The van der Waals surface area contributed by atoms with Crippen LogP contribution >= 0.6 is 11.6 Å². The monoisotopic (exact) mass is 262 g/mol. The van der Waals surface area contributed by atoms with Crippen LogP contribution in [-0.2, 0) is 0 Å². The first-order valence-corrected chi connectivity index (χ1v) is 5.89. The highest BCUT2D eigenvalue weighted by atomic mass is 35.5. The Hall–Kier alpha value is -1.88. The van der Waals surface area contributed by atoms with E-state index in [2.05, 4.69) is 20.3 Å². The molecule has 3 rings (SSSR count). The maximum absolute atomic E-state index is 6.22. The van der Waals surface area contributed by atoms with Gasteiger partial charge in [-0.15, -0.1) is 0 Å². The third-order valence-corrected chi connectivity index (χ3v) is 3.54. The number of furan rings is 1. The summed E-state index contributed by atoms with van der Waals surface area (Å²) in [6, 6.07) is 0. The lowest BCUT2D eigenvalue weighted by atomic mass is 10.1. The van der Waals surface area contributed by atoms with Crippen molar-refractivity contribution >= 4 is 39.6 Å². The van der Waals surface area contributed by atoms with Gasteiger partial charge in [-0.25, -0.2) is 15.0 Å². The largest absolute Gasteiger partial charge is 0.432 e. The Bertz CT molecular complexity index is 766. The number of anilines is 1. The average Bonchev–Trinajstić information content (AvgIpc) is 2.73. The number of nitrogens with one attached hydrogen (secondary N) is 1. The fourth-order valence-electron chi connectivity index (χ4n) is 2.07. The molecule has 0 bridgehead atoms. The average molecular weight is 263 g/mol. The third-order valence-electron chi connectivity index (χ3n) is 2.98. The number of rotatable bonds is 1. The smallest absolute Gasteiger partial charge is 0.229 e. The maximum atomic E-state index is 6.22. The standard InChI is InChI=1S/C12H11ClN4O/c1-5-7-9-10(11(14-3)16-4-15-9)18-12(7)17-6(2)8(5)13/h4H,1-3H3,(H,14,15,16). The molecule has 0 aliphatic rings. The summed E-state index contributed by atoms with van der Waals surface area (Å²) in [5.41, 5.74) is 3.56. The predicted octanol–water partition coefficient (Wildman–Crippen LogP) is 3.08. The van der Waals surface area contributed by atoms with E-state index in [0.717, 1.165) is 22.2 Å². The van der Waals surface area contributed by atoms with E-state index in [-0.39, 0.29) is 0 Å². The van der Waals surface area contributed by atoms with E-state index in [1.165, 1.54) is 6.33 Å². The second kappa shape index (κ2) is 3.81. The van der Waals surface area contributed by atoms with Crippen LogP contribution in [0, 0.1) is 13.8 Å². The molecule has 0 spiro atoms. The van der Waals surface area contributed by atoms with Gasteiger partial charge in [-0.1, -0.05) is 11.6 Å². The van der Waals surface area contributed by atoms with E-state index in [0.29, 0.717) is 22.1 Å². The molecule has 0 amide bonds. The first kappa shape index (κ1) is 11.2. The highest BCUT2D eigenvalue weighted by Gasteiger charge is 2.18. The minimum absolute atomic E-state index is 0.543. The number of halogens is 1. The molecule has 5 nitrogen and oxygen atoms in total. The number of nitrogens with zero attached hydrogens (tertiary/aromatic N) is 3. The van der Waals surface area contributed by atoms with Gasteiger partial charge < -0.3 is 9.73 Å². The first-order valence-electron chi connectivity index (χ1n) is 5.51. The van der Waals surface area contributed by atoms with E-state index in [4.69, 9.17) is 16.0 Å². The molecule has 0 unspecified atom stereocenters. The Morgan fingerprint density at radius 3 is 2.78 bits per heavy atom. The molecular weight excluding hydrogens is 252 g/mol. The summed E-state index contributed by atoms with van der Waals surface area (Å²) in [5, 5.41) is 4.47. The molecule has 3 aromatic rings. The van der Waals surface area contributed by atoms with Crippen molar-refractivity contribution in [3.05, 3.63) is 22.6 Å². The highest BCUT2D eigenvalue weighted by Crippen LogP contribution is 2.35. The van der Waals surface area contributed by atoms with Crippen molar-refractivity contribution in [1.29, 1.82) is 0 Å². The van der Waals surface area contributed by atoms with Crippen molar-refractivity contribution in [1.82, 2.24) is 15.0 Å². The minimum atomic E-state index is 0.543. The van der Waals surface area contributed by atoms with Gasteiger partial charge in [0.1, 0.15) is 11.8 Å². The van der Waals surface area contributed by atoms with Crippen LogP contribution in [0.2, 0.25) is 5.02 Å². The van der Waals surface area contributed by atoms with Crippen LogP contribution in [0.3, 0.4) is 0 Å². The molecule has 0 saturated carbocycles. The number of hydrogen-bond acceptors (Lipinski definition) is 5. The number of aryl methyl sites for hydroxylation is 2. The number of aromatic nitrogens is 3. The lowest BCUT2D eigenvalue weighted by molar-refractivity contribution is 0.651. The van der Waals surface area contributed by atoms with E-state index in [1.807, 2.05) is 13.8 Å². The maximum Gasteiger partial charge on any atom is 0.229 e. The number of pyridine rings is 1. The lowest BCUT2D eigenvalue weighted by Crippen LogP contribution is -1.93. The Morgan fingerprint density at radius 1 is 1.28 bits per heavy atom. The summed E-state index contributed by atoms with van der Waals surface area (Å²) >= 11 is 6.22. The van der Waals surface area contributed by atoms with Gasteiger partial charge in [0.15, 0.2) is 11.4 Å². The lowest BCUT2D eigenvalue weighted by Gasteiger charge is -2.01. The predicted molar refractivity (Wildman–Crippen MR) is 71.1 cm³/mol. The van der Waals surface area contributed by atoms with Crippen LogP contribution in [0.25, 0.3) is 22.2 Å². The minimum Gasteiger partial charge on any atom is -0.432 e. The molecule has 6 heteroatoms. The second-order valence-electron chi connectivity index (χ2n) is 4.07. The molecule has 18 heavy (non-hydrogen) atoms. The van der Waals surface area contributed by atoms with Gasteiger partial charge >= 0.3 is 0 Å². The van der Waals surface area contributed by atoms with E-state index >= 15 is 0 Å². The highest BCUT2D eigenvalue weighted by molar-refractivity contribution is 6.33. The van der Waals surface area contributed by atoms with Gasteiger partial charge in [-0.3, -0.25) is 0 Å². The molecular formula is C12H11ClN4O. The van der Waals surface area contributed by atoms with E-state index in [1.54, 1.807) is 7.05 Å². The van der Waals surface area contributed by atoms with Crippen LogP contribution in [0.4, 0.5) is 5.82 Å². The van der Waals surface area contributed by atoms with Crippen molar-refractivity contribution in [2.24, 2.45) is 0 Å². The summed E-state index contributed by atoms with van der Waals surface area (Å²) in [5.74, 6) is 0.645. The molecule has 0 aliphatic carbocycles. The molecule has 1 N–H and O–H groups in total. The molecule has 0 aliphatic heterocycles. The Kier molecular flexibility index (Phi) is 2.38. The van der Waals surface area contributed by atoms with Crippen LogP contribution in [-0.4, -0.2) is 22.0 Å². The van der Waals surface area contributed by atoms with Crippen LogP contribution in [0.5, 0.6) is 0 Å².